The number of ether oxygens (including phenoxy) is 5. The first-order chi connectivity index (χ1) is 48.8. The van der Waals surface area contributed by atoms with E-state index in [0.29, 0.717) is 48.5 Å². The topological polar surface area (TPSA) is 209 Å². The van der Waals surface area contributed by atoms with E-state index in [1.807, 2.05) is 0 Å². The number of hydrogen-bond acceptors (Lipinski definition) is 14. The molecule has 36 heteroatoms. The fourth-order valence-corrected chi connectivity index (χ4v) is 9.76. The number of H-pyrrole nitrogens is 1. The van der Waals surface area contributed by atoms with Gasteiger partial charge in [-0.05, 0) is 66.7 Å². The summed E-state index contributed by atoms with van der Waals surface area (Å²) in [4.78, 5) is 68.7. The first-order valence-electron chi connectivity index (χ1n) is 29.4. The molecule has 0 aliphatic carbocycles. The van der Waals surface area contributed by atoms with E-state index in [9.17, 15) is 98.2 Å². The Bertz CT molecular complexity index is 5510. The lowest BCUT2D eigenvalue weighted by molar-refractivity contribution is -0.141. The molecule has 0 radical (unpaired) electrons. The van der Waals surface area contributed by atoms with Gasteiger partial charge in [-0.1, -0.05) is 0 Å². The lowest BCUT2D eigenvalue weighted by Crippen LogP contribution is -2.20. The highest BCUT2D eigenvalue weighted by atomic mass is 19.4. The summed E-state index contributed by atoms with van der Waals surface area (Å²) in [6.07, 6.45) is -9.05. The zero-order valence-electron chi connectivity index (χ0n) is 53.0. The van der Waals surface area contributed by atoms with Crippen LogP contribution in [0.25, 0.3) is 32.7 Å². The summed E-state index contributed by atoms with van der Waals surface area (Å²) in [5.74, 6) is -15.2. The molecule has 0 aliphatic heterocycles. The highest BCUT2D eigenvalue weighted by Crippen LogP contribution is 2.45. The third-order valence-electron chi connectivity index (χ3n) is 14.3. The van der Waals surface area contributed by atoms with Crippen LogP contribution < -0.4 is 45.8 Å². The van der Waals surface area contributed by atoms with E-state index >= 15 is 0 Å². The summed E-state index contributed by atoms with van der Waals surface area (Å²) >= 11 is 0. The van der Waals surface area contributed by atoms with Crippen LogP contribution in [0.2, 0.25) is 0 Å². The van der Waals surface area contributed by atoms with Crippen molar-refractivity contribution in [3.05, 3.63) is 274 Å². The molecule has 0 spiro atoms. The van der Waals surface area contributed by atoms with Crippen LogP contribution in [-0.2, 0) is 38.2 Å². The van der Waals surface area contributed by atoms with E-state index in [-0.39, 0.29) is 50.0 Å². The molecule has 1 N–H and O–H groups in total. The first-order valence-corrected chi connectivity index (χ1v) is 27.9. The number of methoxy groups -OCH3 is 2. The minimum Gasteiger partial charge on any atom is -0.496 e. The molecule has 0 amide bonds. The van der Waals surface area contributed by atoms with Gasteiger partial charge in [0.1, 0.15) is 81.1 Å². The lowest BCUT2D eigenvalue weighted by atomic mass is 10.1. The molecular weight excluding hydrogens is 1390 g/mol. The maximum atomic E-state index is 14.1. The Kier molecular flexibility index (Phi) is 19.1. The Balaban J connectivity index is 0.000000168. The van der Waals surface area contributed by atoms with Crippen molar-refractivity contribution in [3.8, 4) is 46.4 Å². The van der Waals surface area contributed by atoms with E-state index in [4.69, 9.17) is 23.1 Å². The predicted molar refractivity (Wildman–Crippen MR) is 318 cm³/mol. The average Bonchev–Trinajstić information content (AvgIpc) is 0.784. The number of pyridine rings is 3. The number of fused-ring (bicyclic) bond motifs is 3. The van der Waals surface area contributed by atoms with Crippen molar-refractivity contribution in [3.63, 3.8) is 0 Å². The third-order valence-corrected chi connectivity index (χ3v) is 14.3. The van der Waals surface area contributed by atoms with Crippen molar-refractivity contribution in [1.29, 1.82) is 0 Å². The summed E-state index contributed by atoms with van der Waals surface area (Å²) in [5.41, 5.74) is -9.20. The van der Waals surface area contributed by atoms with E-state index < -0.39 is 182 Å². The quantitative estimate of drug-likeness (QED) is 0.100. The van der Waals surface area contributed by atoms with Gasteiger partial charge in [-0.3, -0.25) is 19.2 Å². The van der Waals surface area contributed by atoms with Gasteiger partial charge in [-0.25, -0.2) is 49.5 Å². The summed E-state index contributed by atoms with van der Waals surface area (Å²) in [6.45, 7) is -1.38. The minimum absolute atomic E-state index is 0.0824. The number of nitrogens with one attached hydrogen (secondary N) is 1. The van der Waals surface area contributed by atoms with Gasteiger partial charge in [0.25, 0.3) is 16.7 Å². The summed E-state index contributed by atoms with van der Waals surface area (Å²) in [6, 6.07) is 16.0. The third kappa shape index (κ3) is 15.8. The molecule has 18 nitrogen and oxygen atoms in total. The van der Waals surface area contributed by atoms with Crippen molar-refractivity contribution in [2.75, 3.05) is 14.1 Å². The van der Waals surface area contributed by atoms with Gasteiger partial charge >= 0.3 is 18.5 Å². The largest absolute Gasteiger partial charge is 0.496 e. The number of halogens is 18. The maximum absolute atomic E-state index is 14.1. The number of alkyl halides is 9. The number of rotatable bonds is 14. The van der Waals surface area contributed by atoms with Gasteiger partial charge in [0.05, 0.1) is 89.6 Å². The molecule has 101 heavy (non-hydrogen) atoms. The molecule has 0 bridgehead atoms. The Hall–Kier alpha value is -12.3. The molecule has 0 aliphatic rings. The second-order valence-corrected chi connectivity index (χ2v) is 20.7. The van der Waals surface area contributed by atoms with Gasteiger partial charge in [0.15, 0.2) is 22.1 Å². The van der Waals surface area contributed by atoms with Crippen LogP contribution in [0.3, 0.4) is 0 Å². The number of aromatic amines is 1. The Morgan fingerprint density at radius 3 is 1.06 bits per heavy atom. The summed E-state index contributed by atoms with van der Waals surface area (Å²) in [7, 11) is -2.13. The Morgan fingerprint density at radius 2 is 0.743 bits per heavy atom. The molecule has 12 rings (SSSR count). The van der Waals surface area contributed by atoms with Gasteiger partial charge in [0, 0.05) is 77.7 Å². The highest BCUT2D eigenvalue weighted by Gasteiger charge is 2.41. The number of nitrogens with zero attached hydrogens (tertiary/aromatic N) is 8. The fourth-order valence-electron chi connectivity index (χ4n) is 9.76. The Morgan fingerprint density at radius 1 is 0.416 bits per heavy atom. The fraction of sp³-hybridized carbons (Fsp3) is 0.123. The van der Waals surface area contributed by atoms with Gasteiger partial charge in [0.2, 0.25) is 17.6 Å². The number of benzene rings is 6. The summed E-state index contributed by atoms with van der Waals surface area (Å²) < 4.78 is 295. The number of hydrogen-bond donors (Lipinski definition) is 1. The zero-order valence-corrected chi connectivity index (χ0v) is 50.0. The van der Waals surface area contributed by atoms with Gasteiger partial charge < -0.3 is 42.4 Å². The van der Waals surface area contributed by atoms with Gasteiger partial charge in [-0.2, -0.15) is 54.5 Å². The molecule has 522 valence electrons. The van der Waals surface area contributed by atoms with E-state index in [0.717, 1.165) is 75.0 Å². The van der Waals surface area contributed by atoms with Crippen LogP contribution in [-0.4, -0.2) is 57.8 Å². The van der Waals surface area contributed by atoms with E-state index in [1.165, 1.54) is 44.0 Å². The number of aromatic nitrogens is 9. The predicted octanol–water partition coefficient (Wildman–Crippen LogP) is 14.5. The zero-order chi connectivity index (χ0) is 75.7. The molecular formula is C65H37F18N9O9. The van der Waals surface area contributed by atoms with Crippen molar-refractivity contribution in [2.24, 2.45) is 0 Å². The van der Waals surface area contributed by atoms with Crippen molar-refractivity contribution >= 4 is 32.7 Å². The SMILES string of the molecule is COc1ccnc(Oc2ccc3c(c2)c(=O)ncn3Cc2c(F)cc(F)cc2F)c1C(F)(F)F.O=c1cc[nH]c(Oc2ccc3c(c2)c(=O)ncn3Cc2c(F)cc(F)cc2F)c1C(F)(F)F.[2H]C([2H])([2H])Oc1ccnc(Oc2ccc3c(c2)c(=O)ncn3Cc2c(F)cc(F)cc2F)c1C(F)(F)F. The Labute approximate surface area is 554 Å². The smallest absolute Gasteiger partial charge is 0.425 e. The first kappa shape index (κ1) is 67.3. The molecule has 0 unspecified atom stereocenters. The van der Waals surface area contributed by atoms with Crippen molar-refractivity contribution in [1.82, 2.24) is 43.6 Å². The van der Waals surface area contributed by atoms with Crippen molar-refractivity contribution in [2.45, 2.75) is 38.2 Å². The van der Waals surface area contributed by atoms with E-state index in [2.05, 4.69) is 34.6 Å². The molecule has 0 saturated heterocycles. The van der Waals surface area contributed by atoms with Crippen LogP contribution >= 0.6 is 0 Å². The normalized spacial score (nSPS) is 12.2. The second-order valence-electron chi connectivity index (χ2n) is 20.7. The molecule has 6 heterocycles. The van der Waals surface area contributed by atoms with Crippen LogP contribution in [0, 0.1) is 52.4 Å². The maximum Gasteiger partial charge on any atom is 0.425 e. The van der Waals surface area contributed by atoms with Crippen LogP contribution in [0.1, 0.15) is 37.5 Å². The van der Waals surface area contributed by atoms with Crippen LogP contribution in [0.4, 0.5) is 79.0 Å². The highest BCUT2D eigenvalue weighted by molar-refractivity contribution is 5.81. The van der Waals surface area contributed by atoms with Crippen LogP contribution in [0.15, 0.2) is 166 Å². The molecule has 12 aromatic rings. The van der Waals surface area contributed by atoms with Gasteiger partial charge in [-0.15, -0.1) is 0 Å². The van der Waals surface area contributed by atoms with E-state index in [1.54, 1.807) is 0 Å². The van der Waals surface area contributed by atoms with Crippen LogP contribution in [0.5, 0.6) is 46.4 Å². The van der Waals surface area contributed by atoms with Crippen molar-refractivity contribution < 1.29 is 107 Å². The molecule has 0 saturated carbocycles. The molecule has 6 aromatic heterocycles. The molecule has 0 atom stereocenters. The second kappa shape index (κ2) is 28.7. The lowest BCUT2D eigenvalue weighted by Gasteiger charge is -2.16. The standard InChI is InChI=1S/2C22H13F6N3O3.C21H11F6N3O3/c2*1-33-18-4-5-29-21(19(18)22(26,27)28)34-12-2-3-17-13(8-12)20(32)30-10-31(17)9-14-15(24)6-11(23)7-16(14)25;22-10-5-14(23)13(15(24)6-10)8-30-9-29-19(32)12-7-11(1-2-16(12)30)33-20-18(21(25,26)27)17(31)3-4-28-20/h2*2-8,10H,9H2,1H3;1-7,9H,8H2,(H,28,31)/i1D3;;. The monoisotopic (exact) mass is 1430 g/mol. The molecule has 6 aromatic carbocycles. The molecule has 0 fully saturated rings. The average molecular weight is 1430 g/mol. The minimum atomic E-state index is -5.13. The summed E-state index contributed by atoms with van der Waals surface area (Å²) in [5, 5.41) is -0.421.